The van der Waals surface area contributed by atoms with Gasteiger partial charge in [0.05, 0.1) is 0 Å². The molecule has 0 saturated heterocycles. The summed E-state index contributed by atoms with van der Waals surface area (Å²) in [4.78, 5) is 0. The van der Waals surface area contributed by atoms with Gasteiger partial charge in [-0.25, -0.2) is 0 Å². The molecule has 0 bridgehead atoms. The van der Waals surface area contributed by atoms with Gasteiger partial charge in [0.1, 0.15) is 0 Å². The predicted molar refractivity (Wildman–Crippen MR) is 48.1 cm³/mol. The SMILES string of the molecule is CCCC[O][Sn](=[O])[C](F)(F)C(F)(F)C(F)(F)CF. The topological polar surface area (TPSA) is 26.3 Å². The summed E-state index contributed by atoms with van der Waals surface area (Å²) < 4.78 is 97.4. The van der Waals surface area contributed by atoms with Crippen molar-refractivity contribution in [1.82, 2.24) is 0 Å². The molecule has 0 aliphatic heterocycles. The minimum atomic E-state index is -6.03. The van der Waals surface area contributed by atoms with Crippen LogP contribution in [0.25, 0.3) is 0 Å². The van der Waals surface area contributed by atoms with E-state index in [1.165, 1.54) is 0 Å². The van der Waals surface area contributed by atoms with Gasteiger partial charge < -0.3 is 0 Å². The van der Waals surface area contributed by atoms with Gasteiger partial charge in [-0.1, -0.05) is 0 Å². The second-order valence-corrected chi connectivity index (χ2v) is 7.73. The fourth-order valence-corrected chi connectivity index (χ4v) is 3.55. The van der Waals surface area contributed by atoms with Crippen LogP contribution in [-0.2, 0) is 6.15 Å². The molecular formula is C8H11F7O2Sn. The molecule has 0 saturated carbocycles. The zero-order valence-electron chi connectivity index (χ0n) is 9.29. The summed E-state index contributed by atoms with van der Waals surface area (Å²) in [5.41, 5.74) is 0. The summed E-state index contributed by atoms with van der Waals surface area (Å²) in [6.45, 7) is -1.83. The van der Waals surface area contributed by atoms with E-state index >= 15 is 0 Å². The fourth-order valence-electron chi connectivity index (χ4n) is 0.842. The Morgan fingerprint density at radius 3 is 2.00 bits per heavy atom. The Morgan fingerprint density at radius 2 is 1.61 bits per heavy atom. The van der Waals surface area contributed by atoms with Crippen molar-refractivity contribution in [2.75, 3.05) is 13.3 Å². The van der Waals surface area contributed by atoms with Crippen LogP contribution in [0.2, 0.25) is 0 Å². The van der Waals surface area contributed by atoms with Crippen molar-refractivity contribution in [3.63, 3.8) is 0 Å². The second kappa shape index (κ2) is 6.49. The van der Waals surface area contributed by atoms with Crippen molar-refractivity contribution in [2.24, 2.45) is 0 Å². The minimum absolute atomic E-state index is 0.174. The Kier molecular flexibility index (Phi) is 6.51. The molecule has 0 rings (SSSR count). The molecule has 2 nitrogen and oxygen atoms in total. The molecule has 0 radical (unpaired) electrons. The summed E-state index contributed by atoms with van der Waals surface area (Å²) in [5.74, 6) is -11.6. The average molecular weight is 391 g/mol. The monoisotopic (exact) mass is 392 g/mol. The molecule has 0 aliphatic rings. The molecule has 0 aromatic heterocycles. The van der Waals surface area contributed by atoms with Gasteiger partial charge >= 0.3 is 106 Å². The average Bonchev–Trinajstić information content (AvgIpc) is 2.28. The molecule has 108 valence electrons. The molecule has 0 unspecified atom stereocenters. The van der Waals surface area contributed by atoms with Crippen molar-refractivity contribution in [1.29, 1.82) is 0 Å². The number of halogens is 7. The van der Waals surface area contributed by atoms with E-state index in [-0.39, 0.29) is 6.42 Å². The van der Waals surface area contributed by atoms with E-state index in [9.17, 15) is 33.8 Å². The van der Waals surface area contributed by atoms with Crippen LogP contribution in [-0.4, -0.2) is 49.2 Å². The van der Waals surface area contributed by atoms with Gasteiger partial charge in [-0.05, 0) is 0 Å². The van der Waals surface area contributed by atoms with Gasteiger partial charge in [0, 0.05) is 0 Å². The van der Waals surface area contributed by atoms with Crippen LogP contribution >= 0.6 is 0 Å². The third kappa shape index (κ3) is 3.55. The number of unbranched alkanes of at least 4 members (excludes halogenated alkanes) is 1. The van der Waals surface area contributed by atoms with E-state index in [1.807, 2.05) is 0 Å². The van der Waals surface area contributed by atoms with E-state index in [1.54, 1.807) is 6.92 Å². The molecule has 0 N–H and O–H groups in total. The summed E-state index contributed by atoms with van der Waals surface area (Å²) in [5, 5.41) is 0. The third-order valence-electron chi connectivity index (χ3n) is 2.01. The number of hydrogen-bond donors (Lipinski definition) is 0. The summed E-state index contributed by atoms with van der Waals surface area (Å²) in [6, 6.07) is 0. The molecule has 0 aliphatic carbocycles. The van der Waals surface area contributed by atoms with Crippen LogP contribution in [0.1, 0.15) is 19.8 Å². The maximum atomic E-state index is 13.0. The van der Waals surface area contributed by atoms with Gasteiger partial charge in [0.25, 0.3) is 0 Å². The van der Waals surface area contributed by atoms with Gasteiger partial charge in [-0.15, -0.1) is 0 Å². The number of alkyl halides is 7. The molecule has 0 aromatic carbocycles. The van der Waals surface area contributed by atoms with Crippen LogP contribution in [0.4, 0.5) is 30.7 Å². The molecule has 0 atom stereocenters. The van der Waals surface area contributed by atoms with Crippen molar-refractivity contribution in [3.8, 4) is 0 Å². The zero-order chi connectivity index (χ0) is 14.6. The molecule has 0 fully saturated rings. The summed E-state index contributed by atoms with van der Waals surface area (Å²) >= 11 is -5.78. The number of rotatable bonds is 8. The Balaban J connectivity index is 4.94. The van der Waals surface area contributed by atoms with Gasteiger partial charge in [0.2, 0.25) is 0 Å². The fraction of sp³-hybridized carbons (Fsp3) is 1.00. The van der Waals surface area contributed by atoms with Crippen LogP contribution in [0, 0.1) is 0 Å². The first kappa shape index (κ1) is 18.1. The molecule has 0 amide bonds. The molecular weight excluding hydrogens is 380 g/mol. The van der Waals surface area contributed by atoms with Crippen LogP contribution in [0.3, 0.4) is 0 Å². The van der Waals surface area contributed by atoms with Crippen molar-refractivity contribution in [3.05, 3.63) is 0 Å². The molecule has 0 spiro atoms. The normalized spacial score (nSPS) is 13.8. The van der Waals surface area contributed by atoms with Crippen LogP contribution in [0.15, 0.2) is 0 Å². The first-order valence-corrected chi connectivity index (χ1v) is 8.67. The second-order valence-electron chi connectivity index (χ2n) is 3.48. The Bertz CT molecular complexity index is 295. The van der Waals surface area contributed by atoms with E-state index in [4.69, 9.17) is 0 Å². The van der Waals surface area contributed by atoms with E-state index in [2.05, 4.69) is 3.07 Å². The predicted octanol–water partition coefficient (Wildman–Crippen LogP) is 3.14. The van der Waals surface area contributed by atoms with Crippen LogP contribution in [0.5, 0.6) is 0 Å². The number of hydrogen-bond acceptors (Lipinski definition) is 2. The Morgan fingerprint density at radius 1 is 1.11 bits per heavy atom. The van der Waals surface area contributed by atoms with Crippen LogP contribution < -0.4 is 0 Å². The molecule has 10 heteroatoms. The first-order valence-electron chi connectivity index (χ1n) is 4.91. The Labute approximate surface area is 106 Å². The maximum absolute atomic E-state index is 13.0. The van der Waals surface area contributed by atoms with Crippen molar-refractivity contribution >= 4 is 20.2 Å². The standard InChI is InChI=1S/C4H2F7.C4H9O.O.Sn/c5-1-3(8,9)4(10,11)2(6)7;1-2-3-4-5;;/h1H2;2-4H2,1H3;;/q;-1;;+1. The summed E-state index contributed by atoms with van der Waals surface area (Å²) in [7, 11) is 0. The van der Waals surface area contributed by atoms with Crippen molar-refractivity contribution < 1.29 is 36.9 Å². The molecule has 0 aromatic rings. The Hall–Kier alpha value is 0.0687. The summed E-state index contributed by atoms with van der Waals surface area (Å²) in [6.07, 6.45) is 0.631. The molecule has 0 heterocycles. The quantitative estimate of drug-likeness (QED) is 0.361. The van der Waals surface area contributed by atoms with Gasteiger partial charge in [-0.2, -0.15) is 0 Å². The zero-order valence-corrected chi connectivity index (χ0v) is 12.1. The van der Waals surface area contributed by atoms with Gasteiger partial charge in [0.15, 0.2) is 0 Å². The first-order chi connectivity index (χ1) is 8.04. The third-order valence-corrected chi connectivity index (χ3v) is 5.70. The van der Waals surface area contributed by atoms with E-state index < -0.39 is 49.2 Å². The van der Waals surface area contributed by atoms with E-state index in [0.717, 1.165) is 0 Å². The van der Waals surface area contributed by atoms with Crippen molar-refractivity contribution in [2.45, 2.75) is 35.5 Å². The van der Waals surface area contributed by atoms with E-state index in [0.29, 0.717) is 6.42 Å². The van der Waals surface area contributed by atoms with Gasteiger partial charge in [-0.3, -0.25) is 0 Å². The molecule has 18 heavy (non-hydrogen) atoms.